The van der Waals surface area contributed by atoms with E-state index in [1.807, 2.05) is 11.1 Å². The first-order valence-electron chi connectivity index (χ1n) is 8.21. The summed E-state index contributed by atoms with van der Waals surface area (Å²) in [7, 11) is 0. The Labute approximate surface area is 163 Å². The maximum absolute atomic E-state index is 11.4. The molecular formula is C17H20ClN3O7. The second kappa shape index (κ2) is 9.73. The summed E-state index contributed by atoms with van der Waals surface area (Å²) in [6.45, 7) is -0.137. The highest BCUT2D eigenvalue weighted by atomic mass is 35.5. The summed E-state index contributed by atoms with van der Waals surface area (Å²) in [5.74, 6) is 0. The molecule has 4 atom stereocenters. The highest BCUT2D eigenvalue weighted by Crippen LogP contribution is 2.27. The molecule has 1 aliphatic rings. The molecule has 11 heteroatoms. The van der Waals surface area contributed by atoms with Crippen molar-refractivity contribution < 1.29 is 24.9 Å². The van der Waals surface area contributed by atoms with Crippen molar-refractivity contribution >= 4 is 16.8 Å². The number of aliphatic hydroxyl groups is 3. The topological polar surface area (TPSA) is 168 Å². The Morgan fingerprint density at radius 1 is 1.21 bits per heavy atom. The largest absolute Gasteiger partial charge is 0.394 e. The quantitative estimate of drug-likeness (QED) is 0.384. The molecule has 10 nitrogen and oxygen atoms in total. The molecule has 1 fully saturated rings. The van der Waals surface area contributed by atoms with Gasteiger partial charge in [-0.2, -0.15) is 0 Å². The first-order chi connectivity index (χ1) is 13.3. The number of aliphatic hydroxyl groups excluding tert-OH is 3. The van der Waals surface area contributed by atoms with Crippen molar-refractivity contribution in [2.45, 2.75) is 31.1 Å². The van der Waals surface area contributed by atoms with Gasteiger partial charge in [-0.3, -0.25) is 19.1 Å². The van der Waals surface area contributed by atoms with Crippen molar-refractivity contribution in [1.29, 1.82) is 0 Å². The molecule has 1 saturated heterocycles. The van der Waals surface area contributed by atoms with E-state index >= 15 is 0 Å². The molecule has 3 rings (SSSR count). The number of carbonyl (C=O) groups excluding carboxylic acids is 1. The first kappa shape index (κ1) is 22.0. The molecule has 0 aliphatic carbocycles. The lowest BCUT2D eigenvalue weighted by Gasteiger charge is -2.16. The van der Waals surface area contributed by atoms with E-state index < -0.39 is 47.6 Å². The maximum Gasteiger partial charge on any atom is 0.330 e. The monoisotopic (exact) mass is 413 g/mol. The molecule has 0 unspecified atom stereocenters. The number of hydrogen-bond donors (Lipinski definition) is 5. The van der Waals surface area contributed by atoms with Crippen molar-refractivity contribution in [2.75, 3.05) is 6.61 Å². The summed E-state index contributed by atoms with van der Waals surface area (Å²) < 4.78 is 6.08. The summed E-state index contributed by atoms with van der Waals surface area (Å²) in [5, 5.41) is 27.6. The zero-order valence-electron chi connectivity index (χ0n) is 14.6. The Kier molecular flexibility index (Phi) is 7.63. The molecule has 0 spiro atoms. The number of aromatic amines is 1. The fourth-order valence-electron chi connectivity index (χ4n) is 2.63. The fraction of sp³-hybridized carbons (Fsp3) is 0.353. The maximum atomic E-state index is 11.4. The molecule has 28 heavy (non-hydrogen) atoms. The molecule has 1 aromatic heterocycles. The van der Waals surface area contributed by atoms with Crippen molar-refractivity contribution in [2.24, 2.45) is 5.73 Å². The minimum absolute atomic E-state index is 0.342. The Balaban J connectivity index is 0.000000221. The van der Waals surface area contributed by atoms with Gasteiger partial charge in [0.1, 0.15) is 18.3 Å². The minimum Gasteiger partial charge on any atom is -0.394 e. The van der Waals surface area contributed by atoms with Gasteiger partial charge < -0.3 is 25.8 Å². The predicted molar refractivity (Wildman–Crippen MR) is 98.8 cm³/mol. The molecule has 1 aromatic carbocycles. The number of halogens is 1. The van der Waals surface area contributed by atoms with Crippen LogP contribution in [-0.2, 0) is 11.3 Å². The molecule has 6 N–H and O–H groups in total. The second-order valence-corrected chi connectivity index (χ2v) is 6.22. The van der Waals surface area contributed by atoms with Crippen LogP contribution < -0.4 is 17.0 Å². The standard InChI is InChI=1S/C9H12N2O6.C8H8ClNO/c12-3-4-6(14)7(15)8(17-4)11-2-1-5(13)10-9(11)16;9-8(11)7-4-2-1-3-6(7)5-10/h1-2,4,6-8,12,14-15H,3H2,(H,10,13,16);1-4H,5,10H2/t4-,6-,7-,8-;/m1./s1. The Morgan fingerprint density at radius 2 is 1.89 bits per heavy atom. The lowest BCUT2D eigenvalue weighted by atomic mass is 10.1. The van der Waals surface area contributed by atoms with Gasteiger partial charge in [-0.15, -0.1) is 0 Å². The van der Waals surface area contributed by atoms with Gasteiger partial charge in [0, 0.05) is 24.4 Å². The smallest absolute Gasteiger partial charge is 0.330 e. The van der Waals surface area contributed by atoms with Gasteiger partial charge in [0.25, 0.3) is 10.8 Å². The molecule has 1 aliphatic heterocycles. The van der Waals surface area contributed by atoms with Crippen LogP contribution in [0.3, 0.4) is 0 Å². The lowest BCUT2D eigenvalue weighted by molar-refractivity contribution is -0.0550. The predicted octanol–water partition coefficient (Wildman–Crippen LogP) is -1.33. The number of carbonyl (C=O) groups is 1. The van der Waals surface area contributed by atoms with Crippen molar-refractivity contribution in [3.8, 4) is 0 Å². The highest BCUT2D eigenvalue weighted by molar-refractivity contribution is 6.67. The molecule has 152 valence electrons. The van der Waals surface area contributed by atoms with Crippen LogP contribution in [0.25, 0.3) is 0 Å². The average molecular weight is 414 g/mol. The summed E-state index contributed by atoms with van der Waals surface area (Å²) in [5.41, 5.74) is 5.33. The van der Waals surface area contributed by atoms with E-state index in [9.17, 15) is 24.6 Å². The molecule has 2 aromatic rings. The number of benzene rings is 1. The number of aromatic nitrogens is 2. The summed E-state index contributed by atoms with van der Waals surface area (Å²) in [4.78, 5) is 35.0. The third-order valence-electron chi connectivity index (χ3n) is 4.09. The first-order valence-corrected chi connectivity index (χ1v) is 8.59. The number of nitrogens with one attached hydrogen (secondary N) is 1. The number of hydrogen-bond acceptors (Lipinski definition) is 8. The zero-order chi connectivity index (χ0) is 20.8. The fourth-order valence-corrected chi connectivity index (χ4v) is 2.81. The van der Waals surface area contributed by atoms with Gasteiger partial charge >= 0.3 is 5.69 Å². The van der Waals surface area contributed by atoms with Gasteiger partial charge in [0.2, 0.25) is 0 Å². The van der Waals surface area contributed by atoms with Crippen LogP contribution in [0.5, 0.6) is 0 Å². The Bertz CT molecular complexity index is 929. The Morgan fingerprint density at radius 3 is 2.39 bits per heavy atom. The van der Waals surface area contributed by atoms with E-state index in [2.05, 4.69) is 0 Å². The second-order valence-electron chi connectivity index (χ2n) is 5.88. The van der Waals surface area contributed by atoms with Crippen molar-refractivity contribution in [3.05, 3.63) is 68.5 Å². The highest BCUT2D eigenvalue weighted by Gasteiger charge is 2.43. The van der Waals surface area contributed by atoms with Gasteiger partial charge in [0.15, 0.2) is 6.23 Å². The van der Waals surface area contributed by atoms with Gasteiger partial charge in [-0.1, -0.05) is 18.2 Å². The molecule has 0 bridgehead atoms. The summed E-state index contributed by atoms with van der Waals surface area (Å²) in [6, 6.07) is 8.13. The molecule has 0 radical (unpaired) electrons. The zero-order valence-corrected chi connectivity index (χ0v) is 15.3. The van der Waals surface area contributed by atoms with E-state index in [1.165, 1.54) is 0 Å². The lowest BCUT2D eigenvalue weighted by Crippen LogP contribution is -2.37. The summed E-state index contributed by atoms with van der Waals surface area (Å²) >= 11 is 5.29. The van der Waals surface area contributed by atoms with Gasteiger partial charge in [0.05, 0.1) is 6.61 Å². The number of nitrogens with two attached hydrogens (primary N) is 1. The summed E-state index contributed by atoms with van der Waals surface area (Å²) in [6.07, 6.45) is -3.58. The molecular weight excluding hydrogens is 394 g/mol. The van der Waals surface area contributed by atoms with Crippen LogP contribution in [0, 0.1) is 0 Å². The van der Waals surface area contributed by atoms with E-state index in [1.54, 1.807) is 18.2 Å². The van der Waals surface area contributed by atoms with Crippen LogP contribution in [0.4, 0.5) is 0 Å². The van der Waals surface area contributed by atoms with Crippen LogP contribution in [0.1, 0.15) is 22.1 Å². The van der Waals surface area contributed by atoms with Crippen LogP contribution in [0.15, 0.2) is 46.1 Å². The normalized spacial score (nSPS) is 23.8. The number of nitrogens with zero attached hydrogens (tertiary/aromatic N) is 1. The number of rotatable bonds is 4. The molecule has 2 heterocycles. The van der Waals surface area contributed by atoms with Crippen LogP contribution >= 0.6 is 11.6 Å². The van der Waals surface area contributed by atoms with Crippen LogP contribution in [-0.4, -0.2) is 55.0 Å². The van der Waals surface area contributed by atoms with E-state index in [4.69, 9.17) is 27.2 Å². The SMILES string of the molecule is NCc1ccccc1C(=O)Cl.O=c1ccn([C@@H]2O[C@H](CO)[C@@H](O)[C@H]2O)c(=O)[nH]1. The van der Waals surface area contributed by atoms with Crippen LogP contribution in [0.2, 0.25) is 0 Å². The minimum atomic E-state index is -1.35. The molecule has 0 amide bonds. The third kappa shape index (κ3) is 4.93. The van der Waals surface area contributed by atoms with Crippen molar-refractivity contribution in [1.82, 2.24) is 9.55 Å². The van der Waals surface area contributed by atoms with E-state index in [0.717, 1.165) is 22.4 Å². The number of ether oxygens (including phenoxy) is 1. The van der Waals surface area contributed by atoms with E-state index in [-0.39, 0.29) is 0 Å². The molecule has 0 saturated carbocycles. The third-order valence-corrected chi connectivity index (χ3v) is 4.30. The average Bonchev–Trinajstić information content (AvgIpc) is 2.96. The Hall–Kier alpha value is -2.34. The van der Waals surface area contributed by atoms with Gasteiger partial charge in [-0.25, -0.2) is 4.79 Å². The van der Waals surface area contributed by atoms with Gasteiger partial charge in [-0.05, 0) is 23.2 Å². The van der Waals surface area contributed by atoms with Crippen molar-refractivity contribution in [3.63, 3.8) is 0 Å². The number of H-pyrrole nitrogens is 1. The van der Waals surface area contributed by atoms with E-state index in [0.29, 0.717) is 12.1 Å².